The Labute approximate surface area is 274 Å². The summed E-state index contributed by atoms with van der Waals surface area (Å²) in [6.45, 7) is 4.78. The second-order valence-electron chi connectivity index (χ2n) is 11.5. The smallest absolute Gasteiger partial charge is 0.407 e. The Morgan fingerprint density at radius 2 is 1.74 bits per heavy atom. The molecule has 2 heterocycles. The number of rotatable bonds is 11. The summed E-state index contributed by atoms with van der Waals surface area (Å²) in [7, 11) is -4.06. The van der Waals surface area contributed by atoms with E-state index < -0.39 is 57.4 Å². The predicted octanol–water partition coefficient (Wildman–Crippen LogP) is 2.02. The van der Waals surface area contributed by atoms with E-state index in [0.29, 0.717) is 24.5 Å². The summed E-state index contributed by atoms with van der Waals surface area (Å²) in [6, 6.07) is 11.6. The predicted molar refractivity (Wildman–Crippen MR) is 173 cm³/mol. The van der Waals surface area contributed by atoms with Gasteiger partial charge < -0.3 is 40.6 Å². The number of hydrogen-bond acceptors (Lipinski definition) is 9. The summed E-state index contributed by atoms with van der Waals surface area (Å²) in [5.74, 6) is -2.98. The number of hydrogen-bond donors (Lipinski definition) is 5. The van der Waals surface area contributed by atoms with Crippen molar-refractivity contribution in [2.24, 2.45) is 5.92 Å². The van der Waals surface area contributed by atoms with Gasteiger partial charge in [0, 0.05) is 19.6 Å². The monoisotopic (exact) mass is 676 g/mol. The average molecular weight is 677 g/mol. The minimum absolute atomic E-state index is 0.00973. The lowest BCUT2D eigenvalue weighted by molar-refractivity contribution is -0.138. The topological polar surface area (TPSA) is 198 Å². The Hall–Kier alpha value is -4.37. The average Bonchev–Trinajstić information content (AvgIpc) is 3.02. The highest BCUT2D eigenvalue weighted by Gasteiger charge is 2.30. The number of ether oxygens (including phenoxy) is 3. The number of aliphatic carboxylic acids is 1. The first-order valence-corrected chi connectivity index (χ1v) is 17.3. The lowest BCUT2D eigenvalue weighted by Crippen LogP contribution is -2.57. The lowest BCUT2D eigenvalue weighted by atomic mass is 10.0. The Kier molecular flexibility index (Phi) is 14.8. The number of alkyl carbamates (subject to hydrolysis) is 1. The molecule has 0 fully saturated rings. The number of amides is 4. The van der Waals surface area contributed by atoms with Gasteiger partial charge in [-0.3, -0.25) is 4.79 Å². The van der Waals surface area contributed by atoms with Crippen molar-refractivity contribution in [3.05, 3.63) is 65.7 Å². The van der Waals surface area contributed by atoms with Crippen LogP contribution >= 0.6 is 0 Å². The minimum atomic E-state index is -4.06. The molecule has 4 rings (SSSR count). The van der Waals surface area contributed by atoms with Crippen LogP contribution in [0.15, 0.2) is 54.6 Å². The highest BCUT2D eigenvalue weighted by molar-refractivity contribution is 7.91. The SMILES string of the molecule is CC(C)[C@H]1COCCCCOc2ccc(cc2)C[C@@H](NC(=O)NC(CS(=O)(=O)CCNC(=O)OCc2ccccc2)C(=O)O)C(=O)N1. The molecule has 47 heavy (non-hydrogen) atoms. The number of carbonyl (C=O) groups is 4. The van der Waals surface area contributed by atoms with Crippen molar-refractivity contribution in [2.75, 3.05) is 37.9 Å². The molecule has 258 valence electrons. The second kappa shape index (κ2) is 18.7. The maximum Gasteiger partial charge on any atom is 0.407 e. The number of nitrogens with one attached hydrogen (secondary N) is 4. The van der Waals surface area contributed by atoms with Crippen LogP contribution in [0.1, 0.15) is 37.8 Å². The van der Waals surface area contributed by atoms with Crippen LogP contribution in [0.5, 0.6) is 5.75 Å². The van der Waals surface area contributed by atoms with Gasteiger partial charge in [0.25, 0.3) is 0 Å². The maximum absolute atomic E-state index is 13.4. The third-order valence-corrected chi connectivity index (χ3v) is 8.95. The van der Waals surface area contributed by atoms with Crippen LogP contribution in [0, 0.1) is 5.92 Å². The molecule has 0 saturated heterocycles. The summed E-state index contributed by atoms with van der Waals surface area (Å²) in [6.07, 6.45) is 0.811. The van der Waals surface area contributed by atoms with Crippen LogP contribution in [0.4, 0.5) is 9.59 Å². The fourth-order valence-corrected chi connectivity index (χ4v) is 5.82. The molecule has 14 nitrogen and oxygen atoms in total. The van der Waals surface area contributed by atoms with Gasteiger partial charge in [-0.15, -0.1) is 0 Å². The molecule has 0 aliphatic carbocycles. The third kappa shape index (κ3) is 13.9. The van der Waals surface area contributed by atoms with E-state index in [2.05, 4.69) is 21.3 Å². The molecule has 2 bridgehead atoms. The van der Waals surface area contributed by atoms with E-state index in [-0.39, 0.29) is 38.1 Å². The summed E-state index contributed by atoms with van der Waals surface area (Å²) in [5.41, 5.74) is 1.45. The molecule has 2 aromatic rings. The van der Waals surface area contributed by atoms with E-state index in [1.54, 1.807) is 48.5 Å². The molecule has 3 atom stereocenters. The van der Waals surface area contributed by atoms with Crippen LogP contribution in [-0.4, -0.2) is 93.5 Å². The molecule has 15 heteroatoms. The van der Waals surface area contributed by atoms with Crippen molar-refractivity contribution in [1.82, 2.24) is 21.3 Å². The van der Waals surface area contributed by atoms with Crippen LogP contribution in [-0.2, 0) is 41.9 Å². The quantitative estimate of drug-likeness (QED) is 0.235. The van der Waals surface area contributed by atoms with E-state index >= 15 is 0 Å². The molecule has 2 aromatic carbocycles. The lowest BCUT2D eigenvalue weighted by Gasteiger charge is -2.26. The normalized spacial score (nSPS) is 18.3. The van der Waals surface area contributed by atoms with Gasteiger partial charge in [0.2, 0.25) is 5.91 Å². The Bertz CT molecular complexity index is 1420. The number of carboxylic acid groups (broad SMARTS) is 1. The fraction of sp³-hybridized carbons (Fsp3) is 0.500. The minimum Gasteiger partial charge on any atom is -0.494 e. The van der Waals surface area contributed by atoms with Crippen LogP contribution < -0.4 is 26.0 Å². The molecule has 5 N–H and O–H groups in total. The molecule has 1 unspecified atom stereocenters. The standard InChI is InChI=1S/C32H44N4O10S/c1-22(2)27-20-44-15-6-7-16-45-25-12-10-23(11-13-25)18-26(29(37)34-27)35-31(40)36-28(30(38)39)21-47(42,43)17-14-33-32(41)46-19-24-8-4-3-5-9-24/h3-5,8-13,22,26-28H,6-7,14-21H2,1-2H3,(H,33,41)(H,34,37)(H,38,39)(H2,35,36,40)/t26-,27-,28?/m1/s1. The Morgan fingerprint density at radius 1 is 1.04 bits per heavy atom. The third-order valence-electron chi connectivity index (χ3n) is 7.29. The second-order valence-corrected chi connectivity index (χ2v) is 13.7. The summed E-state index contributed by atoms with van der Waals surface area (Å²) in [4.78, 5) is 50.3. The molecule has 0 aromatic heterocycles. The summed E-state index contributed by atoms with van der Waals surface area (Å²) in [5, 5.41) is 19.6. The van der Waals surface area contributed by atoms with Gasteiger partial charge in [0.1, 0.15) is 24.4 Å². The Balaban J connectivity index is 1.61. The highest BCUT2D eigenvalue weighted by Crippen LogP contribution is 2.15. The van der Waals surface area contributed by atoms with E-state index in [9.17, 15) is 32.7 Å². The van der Waals surface area contributed by atoms with Gasteiger partial charge in [-0.2, -0.15) is 0 Å². The number of carbonyl (C=O) groups excluding carboxylic acids is 3. The maximum atomic E-state index is 13.4. The zero-order valence-electron chi connectivity index (χ0n) is 26.6. The number of fused-ring (bicyclic) bond motifs is 13. The van der Waals surface area contributed by atoms with Gasteiger partial charge in [0.15, 0.2) is 9.84 Å². The molecular weight excluding hydrogens is 632 g/mol. The summed E-state index contributed by atoms with van der Waals surface area (Å²) >= 11 is 0. The van der Waals surface area contributed by atoms with E-state index in [4.69, 9.17) is 14.2 Å². The molecule has 2 aliphatic heterocycles. The largest absolute Gasteiger partial charge is 0.494 e. The highest BCUT2D eigenvalue weighted by atomic mass is 32.2. The van der Waals surface area contributed by atoms with E-state index in [1.165, 1.54) is 0 Å². The molecule has 0 saturated carbocycles. The van der Waals surface area contributed by atoms with Crippen molar-refractivity contribution in [2.45, 2.75) is 57.8 Å². The zero-order chi connectivity index (χ0) is 34.2. The summed E-state index contributed by atoms with van der Waals surface area (Å²) < 4.78 is 42.0. The van der Waals surface area contributed by atoms with E-state index in [1.807, 2.05) is 19.9 Å². The van der Waals surface area contributed by atoms with Gasteiger partial charge in [0.05, 0.1) is 30.8 Å². The molecule has 2 aliphatic rings. The van der Waals surface area contributed by atoms with Crippen molar-refractivity contribution in [1.29, 1.82) is 0 Å². The molecule has 4 amide bonds. The first-order valence-electron chi connectivity index (χ1n) is 15.5. The van der Waals surface area contributed by atoms with Gasteiger partial charge in [-0.05, 0) is 42.0 Å². The van der Waals surface area contributed by atoms with Gasteiger partial charge in [-0.25, -0.2) is 22.8 Å². The van der Waals surface area contributed by atoms with Crippen molar-refractivity contribution < 1.29 is 46.9 Å². The van der Waals surface area contributed by atoms with Crippen LogP contribution in [0.25, 0.3) is 0 Å². The zero-order valence-corrected chi connectivity index (χ0v) is 27.4. The number of benzene rings is 2. The number of carboxylic acids is 1. The number of urea groups is 1. The van der Waals surface area contributed by atoms with Crippen molar-refractivity contribution in [3.63, 3.8) is 0 Å². The first kappa shape index (κ1) is 37.1. The van der Waals surface area contributed by atoms with Crippen LogP contribution in [0.3, 0.4) is 0 Å². The van der Waals surface area contributed by atoms with Crippen molar-refractivity contribution in [3.8, 4) is 5.75 Å². The molecule has 0 spiro atoms. The van der Waals surface area contributed by atoms with Crippen LogP contribution in [0.2, 0.25) is 0 Å². The molecular formula is C32H44N4O10S. The van der Waals surface area contributed by atoms with Crippen molar-refractivity contribution >= 4 is 33.8 Å². The molecule has 0 radical (unpaired) electrons. The fourth-order valence-electron chi connectivity index (χ4n) is 4.51. The number of sulfone groups is 1. The van der Waals surface area contributed by atoms with Gasteiger partial charge in [-0.1, -0.05) is 56.3 Å². The first-order chi connectivity index (χ1) is 22.4. The van der Waals surface area contributed by atoms with Gasteiger partial charge >= 0.3 is 18.1 Å². The van der Waals surface area contributed by atoms with E-state index in [0.717, 1.165) is 18.4 Å². The Morgan fingerprint density at radius 3 is 2.43 bits per heavy atom.